The number of carbonyl (C=O) groups is 4. The van der Waals surface area contributed by atoms with Crippen molar-refractivity contribution in [2.45, 2.75) is 187 Å². The van der Waals surface area contributed by atoms with E-state index in [4.69, 9.17) is 33.2 Å². The Morgan fingerprint density at radius 3 is 1.15 bits per heavy atom. The second-order valence-corrected chi connectivity index (χ2v) is 14.0. The molecular weight excluding hydrogens is 680 g/mol. The monoisotopic (exact) mass is 759 g/mol. The molecule has 0 aromatic heterocycles. The molecule has 11 heteroatoms. The molecule has 0 aromatic rings. The van der Waals surface area contributed by atoms with Crippen LogP contribution in [0.5, 0.6) is 0 Å². The Morgan fingerprint density at radius 2 is 0.717 bits per heavy atom. The van der Waals surface area contributed by atoms with E-state index in [1.165, 1.54) is 103 Å². The smallest absolute Gasteiger partial charge is 0.306 e. The van der Waals surface area contributed by atoms with Crippen LogP contribution in [0.25, 0.3) is 0 Å². The SMILES string of the molecule is CCCCCCCCCCCCCC(=O)OCC(COC(=O)CCC(=O)OCCOCCOCCOC)OC(=O)CCCCCCCCCCCCC. The minimum Gasteiger partial charge on any atom is -0.463 e. The van der Waals surface area contributed by atoms with Gasteiger partial charge < -0.3 is 33.2 Å². The number of hydrogen-bond donors (Lipinski definition) is 0. The van der Waals surface area contributed by atoms with Crippen molar-refractivity contribution in [2.75, 3.05) is 60.0 Å². The predicted molar refractivity (Wildman–Crippen MR) is 208 cm³/mol. The van der Waals surface area contributed by atoms with Crippen molar-refractivity contribution in [3.8, 4) is 0 Å². The van der Waals surface area contributed by atoms with E-state index < -0.39 is 24.0 Å². The minimum absolute atomic E-state index is 0.0632. The summed E-state index contributed by atoms with van der Waals surface area (Å²) in [6.45, 7) is 6.08. The fraction of sp³-hybridized carbons (Fsp3) is 0.905. The van der Waals surface area contributed by atoms with Crippen molar-refractivity contribution >= 4 is 23.9 Å². The van der Waals surface area contributed by atoms with Gasteiger partial charge in [-0.05, 0) is 12.8 Å². The number of ether oxygens (including phenoxy) is 7. The fourth-order valence-electron chi connectivity index (χ4n) is 5.70. The number of carbonyl (C=O) groups excluding carboxylic acids is 4. The second kappa shape index (κ2) is 40.9. The van der Waals surface area contributed by atoms with Crippen LogP contribution in [0.15, 0.2) is 0 Å². The first kappa shape index (κ1) is 50.8. The number of rotatable bonds is 41. The van der Waals surface area contributed by atoms with E-state index in [9.17, 15) is 19.2 Å². The van der Waals surface area contributed by atoms with Crippen LogP contribution in [0, 0.1) is 0 Å². The summed E-state index contributed by atoms with van der Waals surface area (Å²) in [5.41, 5.74) is 0. The van der Waals surface area contributed by atoms with Gasteiger partial charge in [-0.25, -0.2) is 0 Å². The molecule has 0 saturated carbocycles. The van der Waals surface area contributed by atoms with Crippen molar-refractivity contribution in [3.05, 3.63) is 0 Å². The first-order valence-corrected chi connectivity index (χ1v) is 21.2. The van der Waals surface area contributed by atoms with Crippen LogP contribution in [-0.4, -0.2) is 89.9 Å². The Kier molecular flexibility index (Phi) is 39.2. The van der Waals surface area contributed by atoms with Crippen LogP contribution in [0.4, 0.5) is 0 Å². The summed E-state index contributed by atoms with van der Waals surface area (Å²) in [5.74, 6) is -1.95. The summed E-state index contributed by atoms with van der Waals surface area (Å²) in [6.07, 6.45) is 25.3. The molecule has 0 bridgehead atoms. The van der Waals surface area contributed by atoms with Crippen LogP contribution >= 0.6 is 0 Å². The Bertz CT molecular complexity index is 851. The molecule has 0 rings (SSSR count). The molecule has 0 spiro atoms. The second-order valence-electron chi connectivity index (χ2n) is 14.0. The minimum atomic E-state index is -0.914. The van der Waals surface area contributed by atoms with E-state index >= 15 is 0 Å². The van der Waals surface area contributed by atoms with Crippen LogP contribution in [-0.2, 0) is 52.3 Å². The summed E-state index contributed by atoms with van der Waals surface area (Å²) < 4.78 is 36.9. The summed E-state index contributed by atoms with van der Waals surface area (Å²) in [6, 6.07) is 0. The van der Waals surface area contributed by atoms with Gasteiger partial charge in [0.2, 0.25) is 0 Å². The molecule has 0 radical (unpaired) electrons. The lowest BCUT2D eigenvalue weighted by Crippen LogP contribution is -2.31. The molecule has 0 aromatic carbocycles. The lowest BCUT2D eigenvalue weighted by atomic mass is 10.1. The normalized spacial score (nSPS) is 11.7. The molecular formula is C42H78O11. The summed E-state index contributed by atoms with van der Waals surface area (Å²) >= 11 is 0. The van der Waals surface area contributed by atoms with Gasteiger partial charge in [0.05, 0.1) is 45.9 Å². The molecule has 0 amide bonds. The molecule has 0 aliphatic rings. The van der Waals surface area contributed by atoms with Gasteiger partial charge in [0, 0.05) is 20.0 Å². The Hall–Kier alpha value is -2.24. The molecule has 1 unspecified atom stereocenters. The third-order valence-electron chi connectivity index (χ3n) is 8.96. The van der Waals surface area contributed by atoms with E-state index in [-0.39, 0.29) is 51.7 Å². The largest absolute Gasteiger partial charge is 0.463 e. The summed E-state index contributed by atoms with van der Waals surface area (Å²) in [5, 5.41) is 0. The molecule has 0 saturated heterocycles. The molecule has 0 fully saturated rings. The van der Waals surface area contributed by atoms with Crippen molar-refractivity contribution < 1.29 is 52.3 Å². The van der Waals surface area contributed by atoms with E-state index in [0.717, 1.165) is 38.5 Å². The number of unbranched alkanes of at least 4 members (excludes halogenated alkanes) is 20. The number of methoxy groups -OCH3 is 1. The number of esters is 4. The van der Waals surface area contributed by atoms with Crippen LogP contribution in [0.2, 0.25) is 0 Å². The van der Waals surface area contributed by atoms with Gasteiger partial charge >= 0.3 is 23.9 Å². The van der Waals surface area contributed by atoms with Gasteiger partial charge in [-0.2, -0.15) is 0 Å². The van der Waals surface area contributed by atoms with E-state index in [1.54, 1.807) is 7.11 Å². The molecule has 312 valence electrons. The van der Waals surface area contributed by atoms with Crippen molar-refractivity contribution in [3.63, 3.8) is 0 Å². The quantitative estimate of drug-likeness (QED) is 0.0336. The van der Waals surface area contributed by atoms with E-state index in [0.29, 0.717) is 32.8 Å². The van der Waals surface area contributed by atoms with Crippen LogP contribution in [0.1, 0.15) is 181 Å². The van der Waals surface area contributed by atoms with E-state index in [2.05, 4.69) is 13.8 Å². The molecule has 0 aliphatic carbocycles. The highest BCUT2D eigenvalue weighted by atomic mass is 16.6. The maximum absolute atomic E-state index is 12.6. The van der Waals surface area contributed by atoms with Crippen molar-refractivity contribution in [1.82, 2.24) is 0 Å². The van der Waals surface area contributed by atoms with Crippen molar-refractivity contribution in [1.29, 1.82) is 0 Å². The topological polar surface area (TPSA) is 133 Å². The third-order valence-corrected chi connectivity index (χ3v) is 8.96. The molecule has 53 heavy (non-hydrogen) atoms. The molecule has 0 heterocycles. The maximum atomic E-state index is 12.6. The zero-order chi connectivity index (χ0) is 38.9. The zero-order valence-electron chi connectivity index (χ0n) is 34.1. The third kappa shape index (κ3) is 39.3. The van der Waals surface area contributed by atoms with Gasteiger partial charge in [-0.15, -0.1) is 0 Å². The molecule has 1 atom stereocenters. The van der Waals surface area contributed by atoms with Gasteiger partial charge in [0.1, 0.15) is 19.8 Å². The van der Waals surface area contributed by atoms with Crippen LogP contribution in [0.3, 0.4) is 0 Å². The van der Waals surface area contributed by atoms with Crippen LogP contribution < -0.4 is 0 Å². The molecule has 11 nitrogen and oxygen atoms in total. The lowest BCUT2D eigenvalue weighted by molar-refractivity contribution is -0.167. The van der Waals surface area contributed by atoms with Gasteiger partial charge in [0.15, 0.2) is 6.10 Å². The highest BCUT2D eigenvalue weighted by Gasteiger charge is 2.20. The average Bonchev–Trinajstić information content (AvgIpc) is 3.15. The van der Waals surface area contributed by atoms with Crippen molar-refractivity contribution in [2.24, 2.45) is 0 Å². The molecule has 0 N–H and O–H groups in total. The van der Waals surface area contributed by atoms with Gasteiger partial charge in [-0.1, -0.05) is 142 Å². The van der Waals surface area contributed by atoms with E-state index in [1.807, 2.05) is 0 Å². The Balaban J connectivity index is 4.43. The first-order valence-electron chi connectivity index (χ1n) is 21.2. The van der Waals surface area contributed by atoms with Gasteiger partial charge in [0.25, 0.3) is 0 Å². The molecule has 0 aliphatic heterocycles. The summed E-state index contributed by atoms with van der Waals surface area (Å²) in [7, 11) is 1.60. The van der Waals surface area contributed by atoms with Gasteiger partial charge in [-0.3, -0.25) is 19.2 Å². The highest BCUT2D eigenvalue weighted by Crippen LogP contribution is 2.14. The number of hydrogen-bond acceptors (Lipinski definition) is 11. The first-order chi connectivity index (χ1) is 25.9. The average molecular weight is 759 g/mol. The fourth-order valence-corrected chi connectivity index (χ4v) is 5.70. The summed E-state index contributed by atoms with van der Waals surface area (Å²) in [4.78, 5) is 49.5. The highest BCUT2D eigenvalue weighted by molar-refractivity contribution is 5.77. The standard InChI is InChI=1S/C42H78O11/c1-4-6-8-10-12-14-16-18-20-22-24-26-39(43)51-36-38(53-42(46)27-25-23-21-19-17-15-13-11-9-7-5-2)37-52-41(45)29-28-40(44)50-35-34-49-33-32-48-31-30-47-3/h38H,4-37H2,1-3H3. The zero-order valence-corrected chi connectivity index (χ0v) is 34.1. The lowest BCUT2D eigenvalue weighted by Gasteiger charge is -2.18. The Morgan fingerprint density at radius 1 is 0.377 bits per heavy atom. The maximum Gasteiger partial charge on any atom is 0.306 e. The Labute approximate surface area is 322 Å². The predicted octanol–water partition coefficient (Wildman–Crippen LogP) is 9.39.